The predicted molar refractivity (Wildman–Crippen MR) is 27.4 cm³/mol. The Kier molecular flexibility index (Phi) is 1.20. The van der Waals surface area contributed by atoms with Crippen molar-refractivity contribution < 1.29 is 5.11 Å². The minimum Gasteiger partial charge on any atom is -0.462 e. The van der Waals surface area contributed by atoms with E-state index in [1.54, 1.807) is 6.11 Å². The van der Waals surface area contributed by atoms with Crippen LogP contribution >= 0.6 is 0 Å². The number of nitrogens with one attached hydrogen (secondary N) is 1. The summed E-state index contributed by atoms with van der Waals surface area (Å²) < 4.78 is 0. The summed E-state index contributed by atoms with van der Waals surface area (Å²) in [7, 11) is 0. The molecule has 0 aliphatic carbocycles. The number of aromatic nitrogens is 2. The quantitative estimate of drug-likeness (QED) is 0.463. The van der Waals surface area contributed by atoms with Gasteiger partial charge in [0.25, 0.3) is 0 Å². The third-order valence-corrected chi connectivity index (χ3v) is 0.689. The molecule has 0 amide bonds. The first-order chi connectivity index (χ1) is 3.93. The van der Waals surface area contributed by atoms with E-state index in [0.717, 1.165) is 0 Å². The number of aliphatic hydroxyl groups excluding tert-OH is 1. The Balaban J connectivity index is 2.88. The van der Waals surface area contributed by atoms with E-state index >= 15 is 0 Å². The van der Waals surface area contributed by atoms with Gasteiger partial charge < -0.3 is 10.1 Å². The van der Waals surface area contributed by atoms with Gasteiger partial charge >= 0.3 is 0 Å². The topological polar surface area (TPSA) is 48.9 Å². The van der Waals surface area contributed by atoms with Crippen LogP contribution in [0, 0.1) is 12.0 Å². The van der Waals surface area contributed by atoms with Gasteiger partial charge in [-0.3, -0.25) is 0 Å². The van der Waals surface area contributed by atoms with E-state index in [2.05, 4.69) is 15.9 Å². The van der Waals surface area contributed by atoms with Crippen molar-refractivity contribution in [1.29, 1.82) is 0 Å². The van der Waals surface area contributed by atoms with Crippen molar-refractivity contribution >= 4 is 0 Å². The lowest BCUT2D eigenvalue weighted by Gasteiger charge is -1.69. The lowest BCUT2D eigenvalue weighted by Crippen LogP contribution is -1.67. The summed E-state index contributed by atoms with van der Waals surface area (Å²) >= 11 is 0. The lowest BCUT2D eigenvalue weighted by molar-refractivity contribution is 0.517. The molecule has 1 heterocycles. The van der Waals surface area contributed by atoms with Crippen LogP contribution in [-0.2, 0) is 0 Å². The number of aliphatic hydroxyl groups is 1. The molecule has 40 valence electrons. The lowest BCUT2D eigenvalue weighted by atomic mass is 10.5. The van der Waals surface area contributed by atoms with Gasteiger partial charge in [0.2, 0.25) is 0 Å². The molecule has 1 rings (SSSR count). The van der Waals surface area contributed by atoms with E-state index in [1.807, 2.05) is 0 Å². The standard InChI is InChI=1S/C5H4N2O/c8-2-1-5-3-6-4-7-5/h3-4,8H,(H,6,7). The Morgan fingerprint density at radius 3 is 3.12 bits per heavy atom. The third-order valence-electron chi connectivity index (χ3n) is 0.689. The molecule has 0 saturated carbocycles. The normalized spacial score (nSPS) is 7.50. The molecule has 0 atom stereocenters. The molecule has 0 aliphatic rings. The van der Waals surface area contributed by atoms with Crippen LogP contribution in [0.15, 0.2) is 12.5 Å². The van der Waals surface area contributed by atoms with E-state index in [4.69, 9.17) is 5.11 Å². The molecular weight excluding hydrogens is 104 g/mol. The monoisotopic (exact) mass is 108 g/mol. The van der Waals surface area contributed by atoms with Gasteiger partial charge in [-0.25, -0.2) is 4.98 Å². The minimum atomic E-state index is 0.618. The van der Waals surface area contributed by atoms with Crippen LogP contribution in [0.3, 0.4) is 0 Å². The van der Waals surface area contributed by atoms with Gasteiger partial charge in [-0.05, 0) is 5.92 Å². The Hall–Kier alpha value is -1.43. The van der Waals surface area contributed by atoms with Crippen LogP contribution < -0.4 is 0 Å². The summed E-state index contributed by atoms with van der Waals surface area (Å²) in [5, 5.41) is 8.03. The van der Waals surface area contributed by atoms with Crippen LogP contribution in [0.4, 0.5) is 0 Å². The summed E-state index contributed by atoms with van der Waals surface area (Å²) in [4.78, 5) is 6.36. The van der Waals surface area contributed by atoms with Gasteiger partial charge in [0.1, 0.15) is 11.8 Å². The largest absolute Gasteiger partial charge is 0.462 e. The van der Waals surface area contributed by atoms with E-state index in [1.165, 1.54) is 12.5 Å². The summed E-state index contributed by atoms with van der Waals surface area (Å²) in [6, 6.07) is 0. The van der Waals surface area contributed by atoms with Crippen molar-refractivity contribution in [3.05, 3.63) is 18.2 Å². The molecule has 3 heteroatoms. The molecule has 0 fully saturated rings. The molecule has 0 aromatic carbocycles. The highest BCUT2D eigenvalue weighted by Gasteiger charge is 1.80. The van der Waals surface area contributed by atoms with E-state index in [9.17, 15) is 0 Å². The smallest absolute Gasteiger partial charge is 0.114 e. The summed E-state index contributed by atoms with van der Waals surface area (Å²) in [5.74, 6) is 2.38. The number of aromatic amines is 1. The fraction of sp³-hybridized carbons (Fsp3) is 0. The molecule has 2 N–H and O–H groups in total. The Bertz CT molecular complexity index is 204. The van der Waals surface area contributed by atoms with Gasteiger partial charge in [0.15, 0.2) is 0 Å². The van der Waals surface area contributed by atoms with Crippen LogP contribution in [0.25, 0.3) is 0 Å². The summed E-state index contributed by atoms with van der Waals surface area (Å²) in [5.41, 5.74) is 0.618. The molecule has 1 aromatic rings. The molecular formula is C5H4N2O. The van der Waals surface area contributed by atoms with Crippen LogP contribution in [0.2, 0.25) is 0 Å². The second-order valence-corrected chi connectivity index (χ2v) is 1.20. The van der Waals surface area contributed by atoms with E-state index < -0.39 is 0 Å². The number of hydrogen-bond donors (Lipinski definition) is 2. The van der Waals surface area contributed by atoms with Gasteiger partial charge in [0, 0.05) is 0 Å². The van der Waals surface area contributed by atoms with E-state index in [0.29, 0.717) is 5.69 Å². The van der Waals surface area contributed by atoms with Crippen molar-refractivity contribution in [2.45, 2.75) is 0 Å². The number of hydrogen-bond acceptors (Lipinski definition) is 2. The summed E-state index contributed by atoms with van der Waals surface area (Å²) in [6.07, 6.45) is 4.78. The first kappa shape index (κ1) is 4.72. The Morgan fingerprint density at radius 1 is 1.75 bits per heavy atom. The van der Waals surface area contributed by atoms with Gasteiger partial charge in [-0.2, -0.15) is 0 Å². The van der Waals surface area contributed by atoms with Crippen LogP contribution in [0.5, 0.6) is 0 Å². The van der Waals surface area contributed by atoms with Crippen molar-refractivity contribution in [1.82, 2.24) is 9.97 Å². The zero-order valence-corrected chi connectivity index (χ0v) is 4.05. The zero-order chi connectivity index (χ0) is 5.82. The SMILES string of the molecule is OC#Cc1cnc[nH]1. The second-order valence-electron chi connectivity index (χ2n) is 1.20. The molecule has 0 radical (unpaired) electrons. The number of rotatable bonds is 0. The maximum Gasteiger partial charge on any atom is 0.114 e. The Morgan fingerprint density at radius 2 is 2.62 bits per heavy atom. The fourth-order valence-electron chi connectivity index (χ4n) is 0.384. The van der Waals surface area contributed by atoms with Crippen LogP contribution in [0.1, 0.15) is 5.69 Å². The predicted octanol–water partition coefficient (Wildman–Crippen LogP) is 0.0912. The number of imidazole rings is 1. The molecule has 8 heavy (non-hydrogen) atoms. The van der Waals surface area contributed by atoms with Gasteiger partial charge in [0.05, 0.1) is 12.5 Å². The number of nitrogens with zero attached hydrogens (tertiary/aromatic N) is 1. The molecule has 0 saturated heterocycles. The molecule has 0 spiro atoms. The van der Waals surface area contributed by atoms with Crippen LogP contribution in [-0.4, -0.2) is 15.1 Å². The van der Waals surface area contributed by atoms with Gasteiger partial charge in [-0.1, -0.05) is 0 Å². The maximum atomic E-state index is 8.03. The average molecular weight is 108 g/mol. The Labute approximate surface area is 46.4 Å². The van der Waals surface area contributed by atoms with Crippen molar-refractivity contribution in [3.63, 3.8) is 0 Å². The molecule has 0 aliphatic heterocycles. The third kappa shape index (κ3) is 0.793. The van der Waals surface area contributed by atoms with Gasteiger partial charge in [-0.15, -0.1) is 0 Å². The second kappa shape index (κ2) is 2.03. The zero-order valence-electron chi connectivity index (χ0n) is 4.05. The highest BCUT2D eigenvalue weighted by atomic mass is 16.2. The molecule has 0 bridgehead atoms. The highest BCUT2D eigenvalue weighted by molar-refractivity contribution is 5.21. The maximum absolute atomic E-state index is 8.03. The molecule has 0 unspecified atom stereocenters. The first-order valence-corrected chi connectivity index (χ1v) is 2.07. The fourth-order valence-corrected chi connectivity index (χ4v) is 0.384. The molecule has 3 nitrogen and oxygen atoms in total. The van der Waals surface area contributed by atoms with Crippen molar-refractivity contribution in [3.8, 4) is 12.0 Å². The highest BCUT2D eigenvalue weighted by Crippen LogP contribution is 1.83. The van der Waals surface area contributed by atoms with Crippen molar-refractivity contribution in [2.75, 3.05) is 0 Å². The molecule has 1 aromatic heterocycles. The number of H-pyrrole nitrogens is 1. The average Bonchev–Trinajstić information content (AvgIpc) is 2.19. The van der Waals surface area contributed by atoms with Crippen molar-refractivity contribution in [2.24, 2.45) is 0 Å². The first-order valence-electron chi connectivity index (χ1n) is 2.07. The minimum absolute atomic E-state index is 0.618. The summed E-state index contributed by atoms with van der Waals surface area (Å²) in [6.45, 7) is 0. The van der Waals surface area contributed by atoms with E-state index in [-0.39, 0.29) is 0 Å².